The van der Waals surface area contributed by atoms with E-state index in [0.29, 0.717) is 0 Å². The Morgan fingerprint density at radius 1 is 1.08 bits per heavy atom. The third-order valence-electron chi connectivity index (χ3n) is 3.69. The van der Waals surface area contributed by atoms with Gasteiger partial charge in [-0.3, -0.25) is 19.7 Å². The second-order valence-corrected chi connectivity index (χ2v) is 5.09. The predicted octanol–water partition coefficient (Wildman–Crippen LogP) is 2.14. The molecule has 0 saturated heterocycles. The van der Waals surface area contributed by atoms with Crippen LogP contribution in [0.1, 0.15) is 26.3 Å². The summed E-state index contributed by atoms with van der Waals surface area (Å²) in [5, 5.41) is 22.8. The number of methoxy groups -OCH3 is 1. The van der Waals surface area contributed by atoms with E-state index in [-0.39, 0.29) is 28.0 Å². The Labute approximate surface area is 136 Å². The summed E-state index contributed by atoms with van der Waals surface area (Å²) in [5.74, 6) is -2.00. The first kappa shape index (κ1) is 15.4. The van der Waals surface area contributed by atoms with Crippen LogP contribution in [0.15, 0.2) is 42.0 Å². The third-order valence-corrected chi connectivity index (χ3v) is 3.69. The largest absolute Gasteiger partial charge is 0.865 e. The summed E-state index contributed by atoms with van der Waals surface area (Å²) in [4.78, 5) is 34.8. The molecular weight excluding hydrogens is 314 g/mol. The molecule has 0 aromatic heterocycles. The van der Waals surface area contributed by atoms with Gasteiger partial charge in [0, 0.05) is 22.9 Å². The SMILES string of the molecule is COc1cc(C=C2C(=O)c3ccccc3C2=O)cc([N+](=O)[O-])c1[O-]. The van der Waals surface area contributed by atoms with Crippen molar-refractivity contribution in [1.82, 2.24) is 0 Å². The van der Waals surface area contributed by atoms with Gasteiger partial charge in [-0.15, -0.1) is 0 Å². The summed E-state index contributed by atoms with van der Waals surface area (Å²) in [5.41, 5.74) is -0.0446. The fraction of sp³-hybridized carbons (Fsp3) is 0.0588. The fourth-order valence-electron chi connectivity index (χ4n) is 2.55. The Balaban J connectivity index is 2.13. The van der Waals surface area contributed by atoms with Gasteiger partial charge in [0.2, 0.25) is 0 Å². The van der Waals surface area contributed by atoms with Gasteiger partial charge in [0.1, 0.15) is 5.75 Å². The standard InChI is InChI=1S/C17H11NO6/c1-24-14-8-9(7-13(17(14)21)18(22)23)6-12-15(19)10-4-2-3-5-11(10)16(12)20/h2-8,21H,1H3/p-1. The lowest BCUT2D eigenvalue weighted by Gasteiger charge is -2.13. The minimum atomic E-state index is -0.864. The lowest BCUT2D eigenvalue weighted by Crippen LogP contribution is -2.03. The summed E-state index contributed by atoms with van der Waals surface area (Å²) in [6.45, 7) is 0. The Morgan fingerprint density at radius 2 is 1.67 bits per heavy atom. The number of allylic oxidation sites excluding steroid dienone is 1. The zero-order valence-corrected chi connectivity index (χ0v) is 12.4. The summed E-state index contributed by atoms with van der Waals surface area (Å²) < 4.78 is 4.84. The van der Waals surface area contributed by atoms with Crippen molar-refractivity contribution in [2.75, 3.05) is 7.11 Å². The van der Waals surface area contributed by atoms with E-state index in [9.17, 15) is 24.8 Å². The smallest absolute Gasteiger partial charge is 0.266 e. The summed E-state index contributed by atoms with van der Waals surface area (Å²) in [6, 6.07) is 8.65. The number of fused-ring (bicyclic) bond motifs is 1. The Morgan fingerprint density at radius 3 is 2.17 bits per heavy atom. The number of nitro groups is 1. The van der Waals surface area contributed by atoms with Crippen molar-refractivity contribution in [2.45, 2.75) is 0 Å². The van der Waals surface area contributed by atoms with Crippen LogP contribution in [0.4, 0.5) is 5.69 Å². The molecule has 0 radical (unpaired) electrons. The van der Waals surface area contributed by atoms with Crippen molar-refractivity contribution in [2.24, 2.45) is 0 Å². The maximum atomic E-state index is 12.3. The number of ether oxygens (including phenoxy) is 1. The summed E-state index contributed by atoms with van der Waals surface area (Å²) >= 11 is 0. The van der Waals surface area contributed by atoms with Crippen LogP contribution in [0, 0.1) is 10.1 Å². The molecule has 7 nitrogen and oxygen atoms in total. The highest BCUT2D eigenvalue weighted by atomic mass is 16.6. The summed E-state index contributed by atoms with van der Waals surface area (Å²) in [6.07, 6.45) is 1.24. The molecule has 24 heavy (non-hydrogen) atoms. The number of nitro benzene ring substituents is 1. The molecule has 0 atom stereocenters. The van der Waals surface area contributed by atoms with E-state index < -0.39 is 27.9 Å². The zero-order chi connectivity index (χ0) is 17.4. The number of hydrogen-bond acceptors (Lipinski definition) is 6. The minimum Gasteiger partial charge on any atom is -0.865 e. The lowest BCUT2D eigenvalue weighted by molar-refractivity contribution is -0.398. The number of ketones is 2. The van der Waals surface area contributed by atoms with Crippen LogP contribution in [-0.2, 0) is 0 Å². The molecule has 2 aromatic rings. The van der Waals surface area contributed by atoms with E-state index >= 15 is 0 Å². The molecule has 7 heteroatoms. The molecular formula is C17H10NO6-. The van der Waals surface area contributed by atoms with E-state index in [2.05, 4.69) is 0 Å². The van der Waals surface area contributed by atoms with Crippen LogP contribution in [0.3, 0.4) is 0 Å². The number of nitrogens with zero attached hydrogens (tertiary/aromatic N) is 1. The number of benzene rings is 2. The quantitative estimate of drug-likeness (QED) is 0.370. The van der Waals surface area contributed by atoms with Gasteiger partial charge < -0.3 is 9.84 Å². The monoisotopic (exact) mass is 324 g/mol. The molecule has 0 amide bonds. The molecule has 2 aromatic carbocycles. The Kier molecular flexibility index (Phi) is 3.61. The lowest BCUT2D eigenvalue weighted by atomic mass is 10.1. The molecule has 120 valence electrons. The maximum Gasteiger partial charge on any atom is 0.266 e. The van der Waals surface area contributed by atoms with Crippen molar-refractivity contribution in [3.8, 4) is 11.5 Å². The van der Waals surface area contributed by atoms with Gasteiger partial charge in [-0.25, -0.2) is 0 Å². The molecule has 0 saturated carbocycles. The molecule has 0 heterocycles. The highest BCUT2D eigenvalue weighted by molar-refractivity contribution is 6.41. The van der Waals surface area contributed by atoms with Crippen molar-refractivity contribution in [3.05, 3.63) is 68.8 Å². The van der Waals surface area contributed by atoms with E-state index in [1.54, 1.807) is 24.3 Å². The molecule has 0 spiro atoms. The topological polar surface area (TPSA) is 110 Å². The molecule has 0 fully saturated rings. The first-order valence-corrected chi connectivity index (χ1v) is 6.87. The van der Waals surface area contributed by atoms with E-state index in [0.717, 1.165) is 6.07 Å². The van der Waals surface area contributed by atoms with Gasteiger partial charge in [-0.05, 0) is 17.7 Å². The van der Waals surface area contributed by atoms with E-state index in [1.165, 1.54) is 19.3 Å². The second kappa shape index (κ2) is 5.62. The average molecular weight is 324 g/mol. The van der Waals surface area contributed by atoms with Gasteiger partial charge in [-0.2, -0.15) is 0 Å². The second-order valence-electron chi connectivity index (χ2n) is 5.09. The van der Waals surface area contributed by atoms with Crippen LogP contribution < -0.4 is 9.84 Å². The van der Waals surface area contributed by atoms with Crippen LogP contribution in [0.25, 0.3) is 6.08 Å². The van der Waals surface area contributed by atoms with Crippen LogP contribution in [0.5, 0.6) is 11.5 Å². The van der Waals surface area contributed by atoms with Crippen LogP contribution in [-0.4, -0.2) is 23.6 Å². The van der Waals surface area contributed by atoms with Crippen LogP contribution >= 0.6 is 0 Å². The Hall–Kier alpha value is -3.48. The van der Waals surface area contributed by atoms with Gasteiger partial charge >= 0.3 is 0 Å². The van der Waals surface area contributed by atoms with Crippen molar-refractivity contribution in [3.63, 3.8) is 0 Å². The van der Waals surface area contributed by atoms with Gasteiger partial charge in [0.05, 0.1) is 17.6 Å². The Bertz CT molecular complexity index is 892. The first-order chi connectivity index (χ1) is 11.4. The van der Waals surface area contributed by atoms with Crippen molar-refractivity contribution < 1.29 is 24.4 Å². The van der Waals surface area contributed by atoms with E-state index in [4.69, 9.17) is 4.74 Å². The van der Waals surface area contributed by atoms with Gasteiger partial charge in [0.15, 0.2) is 11.6 Å². The van der Waals surface area contributed by atoms with Crippen molar-refractivity contribution >= 4 is 23.3 Å². The average Bonchev–Trinajstić information content (AvgIpc) is 2.81. The number of carbonyl (C=O) groups is 2. The van der Waals surface area contributed by atoms with E-state index in [1.807, 2.05) is 0 Å². The van der Waals surface area contributed by atoms with Gasteiger partial charge in [0.25, 0.3) is 5.69 Å². The number of Topliss-reactive ketones (excluding diaryl/α,β-unsaturated/α-hetero) is 2. The third kappa shape index (κ3) is 2.32. The number of hydrogen-bond donors (Lipinski definition) is 0. The highest BCUT2D eigenvalue weighted by Gasteiger charge is 2.32. The number of rotatable bonds is 3. The molecule has 0 N–H and O–H groups in total. The minimum absolute atomic E-state index is 0.105. The fourth-order valence-corrected chi connectivity index (χ4v) is 2.55. The van der Waals surface area contributed by atoms with Crippen molar-refractivity contribution in [1.29, 1.82) is 0 Å². The first-order valence-electron chi connectivity index (χ1n) is 6.87. The van der Waals surface area contributed by atoms with Gasteiger partial charge in [-0.1, -0.05) is 24.3 Å². The normalized spacial score (nSPS) is 13.0. The highest BCUT2D eigenvalue weighted by Crippen LogP contribution is 2.36. The molecule has 0 bridgehead atoms. The predicted molar refractivity (Wildman–Crippen MR) is 82.2 cm³/mol. The number of carbonyl (C=O) groups excluding carboxylic acids is 2. The summed E-state index contributed by atoms with van der Waals surface area (Å²) in [7, 11) is 1.21. The molecule has 3 rings (SSSR count). The molecule has 1 aliphatic rings. The molecule has 0 aliphatic heterocycles. The maximum absolute atomic E-state index is 12.3. The van der Waals surface area contributed by atoms with Crippen LogP contribution in [0.2, 0.25) is 0 Å². The zero-order valence-electron chi connectivity index (χ0n) is 12.4. The molecule has 0 unspecified atom stereocenters. The molecule has 1 aliphatic carbocycles.